The van der Waals surface area contributed by atoms with Gasteiger partial charge in [-0.1, -0.05) is 12.1 Å². The third kappa shape index (κ3) is 3.66. The molecular formula is C6H6O6PtS2+2. The van der Waals surface area contributed by atoms with Gasteiger partial charge >= 0.3 is 21.1 Å². The molecule has 0 saturated heterocycles. The molecule has 2 N–H and O–H groups in total. The molecule has 0 fully saturated rings. The van der Waals surface area contributed by atoms with Gasteiger partial charge in [-0.25, -0.2) is 0 Å². The summed E-state index contributed by atoms with van der Waals surface area (Å²) in [6.07, 6.45) is 0. The van der Waals surface area contributed by atoms with E-state index in [0.717, 1.165) is 12.1 Å². The summed E-state index contributed by atoms with van der Waals surface area (Å²) < 4.78 is 60.0. The van der Waals surface area contributed by atoms with Gasteiger partial charge in [-0.15, -0.1) is 0 Å². The monoisotopic (exact) mass is 433 g/mol. The van der Waals surface area contributed by atoms with Crippen LogP contribution in [0.1, 0.15) is 0 Å². The van der Waals surface area contributed by atoms with Crippen molar-refractivity contribution in [1.82, 2.24) is 0 Å². The molecule has 0 atom stereocenters. The van der Waals surface area contributed by atoms with Crippen molar-refractivity contribution in [2.45, 2.75) is 9.79 Å². The molecule has 0 heterocycles. The van der Waals surface area contributed by atoms with E-state index < -0.39 is 30.0 Å². The van der Waals surface area contributed by atoms with E-state index in [9.17, 15) is 16.8 Å². The number of hydrogen-bond donors (Lipinski definition) is 2. The molecule has 0 bridgehead atoms. The van der Waals surface area contributed by atoms with E-state index in [0.29, 0.717) is 0 Å². The summed E-state index contributed by atoms with van der Waals surface area (Å²) in [5.74, 6) is 0. The standard InChI is InChI=1S/C6H6O6S2.Pt/c7-13(8,9)5-3-1-2-4-6(5)14(10,11)12;/h1-4H,(H,7,8,9)(H,10,11,12);/q;+2. The molecule has 0 aliphatic rings. The predicted molar refractivity (Wildman–Crippen MR) is 46.1 cm³/mol. The van der Waals surface area contributed by atoms with Crippen molar-refractivity contribution in [2.75, 3.05) is 0 Å². The molecule has 0 spiro atoms. The van der Waals surface area contributed by atoms with Crippen molar-refractivity contribution in [2.24, 2.45) is 0 Å². The maximum atomic E-state index is 10.7. The molecule has 0 unspecified atom stereocenters. The molecule has 0 aromatic heterocycles. The first kappa shape index (κ1) is 14.7. The molecule has 1 rings (SSSR count). The fourth-order valence-corrected chi connectivity index (χ4v) is 2.65. The van der Waals surface area contributed by atoms with E-state index in [-0.39, 0.29) is 21.1 Å². The zero-order valence-corrected chi connectivity index (χ0v) is 10.9. The molecule has 0 aliphatic carbocycles. The SMILES string of the molecule is O=S(=O)(O)c1ccccc1S(=O)(=O)O.[Pt+2]. The van der Waals surface area contributed by atoms with Gasteiger partial charge in [0.1, 0.15) is 9.79 Å². The van der Waals surface area contributed by atoms with Gasteiger partial charge in [0, 0.05) is 0 Å². The number of benzene rings is 1. The molecular weight excluding hydrogens is 427 g/mol. The number of rotatable bonds is 2. The summed E-state index contributed by atoms with van der Waals surface area (Å²) >= 11 is 0. The van der Waals surface area contributed by atoms with Crippen LogP contribution in [-0.4, -0.2) is 25.9 Å². The summed E-state index contributed by atoms with van der Waals surface area (Å²) in [4.78, 5) is -1.69. The number of hydrogen-bond acceptors (Lipinski definition) is 4. The summed E-state index contributed by atoms with van der Waals surface area (Å²) in [5, 5.41) is 0. The first-order chi connectivity index (χ1) is 6.23. The largest absolute Gasteiger partial charge is 2.00 e. The van der Waals surface area contributed by atoms with Gasteiger partial charge in [-0.2, -0.15) is 16.8 Å². The summed E-state index contributed by atoms with van der Waals surface area (Å²) in [6, 6.07) is 4.19. The van der Waals surface area contributed by atoms with Crippen LogP contribution in [0.15, 0.2) is 34.1 Å². The van der Waals surface area contributed by atoms with Gasteiger partial charge in [-0.3, -0.25) is 9.11 Å². The van der Waals surface area contributed by atoms with Crippen LogP contribution in [-0.2, 0) is 41.3 Å². The third-order valence-electron chi connectivity index (χ3n) is 1.40. The van der Waals surface area contributed by atoms with Crippen LogP contribution in [0.25, 0.3) is 0 Å². The molecule has 1 aromatic rings. The predicted octanol–water partition coefficient (Wildman–Crippen LogP) is 0.178. The Labute approximate surface area is 101 Å². The van der Waals surface area contributed by atoms with Gasteiger partial charge in [0.2, 0.25) is 0 Å². The fourth-order valence-electron chi connectivity index (χ4n) is 0.876. The zero-order chi connectivity index (χ0) is 11.0. The molecule has 0 saturated carbocycles. The van der Waals surface area contributed by atoms with Gasteiger partial charge in [-0.05, 0) is 12.1 Å². The minimum absolute atomic E-state index is 0. The van der Waals surface area contributed by atoms with Gasteiger partial charge in [0.15, 0.2) is 0 Å². The molecule has 0 radical (unpaired) electrons. The second-order valence-corrected chi connectivity index (χ2v) is 5.18. The van der Waals surface area contributed by atoms with E-state index in [1.807, 2.05) is 0 Å². The van der Waals surface area contributed by atoms with Gasteiger partial charge in [0.05, 0.1) is 0 Å². The average Bonchev–Trinajstić information content (AvgIpc) is 2.01. The van der Waals surface area contributed by atoms with Crippen LogP contribution in [0.3, 0.4) is 0 Å². The van der Waals surface area contributed by atoms with Crippen molar-refractivity contribution in [1.29, 1.82) is 0 Å². The Morgan fingerprint density at radius 1 is 0.800 bits per heavy atom. The van der Waals surface area contributed by atoms with Gasteiger partial charge in [0.25, 0.3) is 20.2 Å². The van der Waals surface area contributed by atoms with Crippen molar-refractivity contribution < 1.29 is 47.0 Å². The second kappa shape index (κ2) is 4.71. The Balaban J connectivity index is 0.00000196. The van der Waals surface area contributed by atoms with Crippen LogP contribution in [0.5, 0.6) is 0 Å². The molecule has 86 valence electrons. The normalized spacial score (nSPS) is 11.9. The average molecular weight is 433 g/mol. The quantitative estimate of drug-likeness (QED) is 0.645. The van der Waals surface area contributed by atoms with Crippen molar-refractivity contribution in [3.8, 4) is 0 Å². The van der Waals surface area contributed by atoms with Crippen molar-refractivity contribution >= 4 is 20.2 Å². The van der Waals surface area contributed by atoms with Crippen LogP contribution < -0.4 is 0 Å². The summed E-state index contributed by atoms with van der Waals surface area (Å²) in [6.45, 7) is 0. The third-order valence-corrected chi connectivity index (χ3v) is 3.36. The van der Waals surface area contributed by atoms with E-state index in [1.54, 1.807) is 0 Å². The zero-order valence-electron chi connectivity index (χ0n) is 6.97. The summed E-state index contributed by atoms with van der Waals surface area (Å²) in [7, 11) is -9.31. The van der Waals surface area contributed by atoms with E-state index in [2.05, 4.69) is 0 Å². The maximum absolute atomic E-state index is 10.7. The van der Waals surface area contributed by atoms with Crippen LogP contribution >= 0.6 is 0 Å². The minimum Gasteiger partial charge on any atom is -0.282 e. The Bertz CT molecular complexity index is 496. The second-order valence-electron chi connectivity index (χ2n) is 2.40. The molecule has 1 aromatic carbocycles. The van der Waals surface area contributed by atoms with E-state index >= 15 is 0 Å². The topological polar surface area (TPSA) is 109 Å². The van der Waals surface area contributed by atoms with Gasteiger partial charge < -0.3 is 0 Å². The minimum atomic E-state index is -4.66. The van der Waals surface area contributed by atoms with E-state index in [1.165, 1.54) is 12.1 Å². The Morgan fingerprint density at radius 3 is 1.27 bits per heavy atom. The molecule has 15 heavy (non-hydrogen) atoms. The van der Waals surface area contributed by atoms with Crippen molar-refractivity contribution in [3.63, 3.8) is 0 Å². The first-order valence-electron chi connectivity index (χ1n) is 3.27. The summed E-state index contributed by atoms with van der Waals surface area (Å²) in [5.41, 5.74) is 0. The Morgan fingerprint density at radius 2 is 1.07 bits per heavy atom. The maximum Gasteiger partial charge on any atom is 2.00 e. The molecule has 0 amide bonds. The van der Waals surface area contributed by atoms with Crippen LogP contribution in [0.4, 0.5) is 0 Å². The molecule has 6 nitrogen and oxygen atoms in total. The smallest absolute Gasteiger partial charge is 0.282 e. The van der Waals surface area contributed by atoms with Crippen LogP contribution in [0, 0.1) is 0 Å². The van der Waals surface area contributed by atoms with E-state index in [4.69, 9.17) is 9.11 Å². The first-order valence-corrected chi connectivity index (χ1v) is 6.15. The molecule has 9 heteroatoms. The molecule has 0 aliphatic heterocycles. The fraction of sp³-hybridized carbons (Fsp3) is 0. The Hall–Kier alpha value is -0.272. The van der Waals surface area contributed by atoms with Crippen LogP contribution in [0.2, 0.25) is 0 Å². The van der Waals surface area contributed by atoms with Crippen molar-refractivity contribution in [3.05, 3.63) is 24.3 Å². The Kier molecular flexibility index (Phi) is 4.63.